The number of carbonyl (C=O) groups excluding carboxylic acids is 1. The van der Waals surface area contributed by atoms with Gasteiger partial charge in [-0.2, -0.15) is 15.0 Å². The number of anilines is 2. The Labute approximate surface area is 130 Å². The third-order valence-corrected chi connectivity index (χ3v) is 4.12. The Morgan fingerprint density at radius 3 is 2.59 bits per heavy atom. The van der Waals surface area contributed by atoms with Gasteiger partial charge in [0.25, 0.3) is 0 Å². The zero-order valence-electron chi connectivity index (χ0n) is 11.8. The highest BCUT2D eigenvalue weighted by Gasteiger charge is 2.21. The van der Waals surface area contributed by atoms with E-state index in [0.717, 1.165) is 10.9 Å². The molecule has 0 amide bonds. The lowest BCUT2D eigenvalue weighted by molar-refractivity contribution is 0.0995. The summed E-state index contributed by atoms with van der Waals surface area (Å²) in [6.45, 7) is 1.80. The first kappa shape index (κ1) is 14.3. The molecule has 0 spiro atoms. The number of benzene rings is 1. The number of ketones is 1. The summed E-state index contributed by atoms with van der Waals surface area (Å²) < 4.78 is 0. The van der Waals surface area contributed by atoms with Gasteiger partial charge in [-0.3, -0.25) is 4.79 Å². The van der Waals surface area contributed by atoms with Gasteiger partial charge in [-0.15, -0.1) is 0 Å². The maximum Gasteiger partial charge on any atom is 0.225 e. The molecule has 5 N–H and O–H groups in total. The van der Waals surface area contributed by atoms with E-state index in [0.29, 0.717) is 10.7 Å². The number of nitrogens with zero attached hydrogens (tertiary/aromatic N) is 3. The van der Waals surface area contributed by atoms with Gasteiger partial charge < -0.3 is 16.5 Å². The molecular weight excluding hydrogens is 300 g/mol. The van der Waals surface area contributed by atoms with Crippen LogP contribution in [0.2, 0.25) is 0 Å². The van der Waals surface area contributed by atoms with Crippen LogP contribution in [0.15, 0.2) is 35.6 Å². The largest absolute Gasteiger partial charge is 0.368 e. The summed E-state index contributed by atoms with van der Waals surface area (Å²) in [6, 6.07) is 7.66. The second-order valence-corrected chi connectivity index (χ2v) is 6.01. The number of rotatable bonds is 4. The van der Waals surface area contributed by atoms with Crippen molar-refractivity contribution in [1.82, 2.24) is 19.9 Å². The molecule has 0 fully saturated rings. The number of H-pyrrole nitrogens is 1. The fourth-order valence-corrected chi connectivity index (χ4v) is 2.99. The number of para-hydroxylation sites is 1. The fraction of sp³-hybridized carbons (Fsp3) is 0.143. The first-order chi connectivity index (χ1) is 10.5. The quantitative estimate of drug-likeness (QED) is 0.496. The molecule has 1 atom stereocenters. The van der Waals surface area contributed by atoms with Crippen LogP contribution < -0.4 is 11.5 Å². The first-order valence-electron chi connectivity index (χ1n) is 6.58. The summed E-state index contributed by atoms with van der Waals surface area (Å²) in [6.07, 6.45) is 1.72. The lowest BCUT2D eigenvalue weighted by Crippen LogP contribution is -2.14. The lowest BCUT2D eigenvalue weighted by Gasteiger charge is -2.09. The Hall–Kier alpha value is -2.61. The smallest absolute Gasteiger partial charge is 0.225 e. The Balaban J connectivity index is 1.85. The van der Waals surface area contributed by atoms with E-state index in [4.69, 9.17) is 11.5 Å². The van der Waals surface area contributed by atoms with Crippen LogP contribution in [0.3, 0.4) is 0 Å². The van der Waals surface area contributed by atoms with Crippen LogP contribution in [0.5, 0.6) is 0 Å². The van der Waals surface area contributed by atoms with E-state index in [1.54, 1.807) is 13.1 Å². The minimum absolute atomic E-state index is 0.0139. The van der Waals surface area contributed by atoms with Crippen molar-refractivity contribution in [2.45, 2.75) is 17.3 Å². The molecular formula is C14H14N6OS. The molecule has 0 aliphatic carbocycles. The summed E-state index contributed by atoms with van der Waals surface area (Å²) in [4.78, 5) is 27.4. The average molecular weight is 314 g/mol. The van der Waals surface area contributed by atoms with E-state index >= 15 is 0 Å². The molecule has 2 aromatic heterocycles. The third kappa shape index (κ3) is 2.73. The standard InChI is InChI=1S/C14H14N6OS/c1-7(22-14-19-12(15)18-13(16)20-14)11(21)9-6-17-10-5-3-2-4-8(9)10/h2-7,17H,1H3,(H4,15,16,18,19,20). The number of fused-ring (bicyclic) bond motifs is 1. The van der Waals surface area contributed by atoms with Crippen LogP contribution in [-0.2, 0) is 0 Å². The van der Waals surface area contributed by atoms with Gasteiger partial charge in [0, 0.05) is 22.7 Å². The fourth-order valence-electron chi connectivity index (χ4n) is 2.15. The molecule has 112 valence electrons. The van der Waals surface area contributed by atoms with Crippen LogP contribution in [0.1, 0.15) is 17.3 Å². The summed E-state index contributed by atoms with van der Waals surface area (Å²) in [5, 5.41) is 0.862. The molecule has 1 aromatic carbocycles. The molecule has 1 unspecified atom stereocenters. The summed E-state index contributed by atoms with van der Waals surface area (Å²) in [5.41, 5.74) is 12.6. The molecule has 0 bridgehead atoms. The zero-order valence-corrected chi connectivity index (χ0v) is 12.6. The van der Waals surface area contributed by atoms with Crippen LogP contribution in [0.4, 0.5) is 11.9 Å². The number of aromatic amines is 1. The second kappa shape index (κ2) is 5.64. The molecule has 22 heavy (non-hydrogen) atoms. The van der Waals surface area contributed by atoms with Crippen molar-refractivity contribution >= 4 is 40.3 Å². The van der Waals surface area contributed by atoms with E-state index in [-0.39, 0.29) is 22.9 Å². The normalized spacial score (nSPS) is 12.4. The first-order valence-corrected chi connectivity index (χ1v) is 7.46. The Morgan fingerprint density at radius 2 is 1.86 bits per heavy atom. The lowest BCUT2D eigenvalue weighted by atomic mass is 10.1. The Kier molecular flexibility index (Phi) is 3.68. The van der Waals surface area contributed by atoms with Crippen LogP contribution in [0.25, 0.3) is 10.9 Å². The summed E-state index contributed by atoms with van der Waals surface area (Å²) in [5.74, 6) is 0.0727. The average Bonchev–Trinajstić information content (AvgIpc) is 2.89. The van der Waals surface area contributed by atoms with Crippen LogP contribution >= 0.6 is 11.8 Å². The summed E-state index contributed by atoms with van der Waals surface area (Å²) in [7, 11) is 0. The van der Waals surface area contributed by atoms with E-state index in [2.05, 4.69) is 19.9 Å². The highest BCUT2D eigenvalue weighted by atomic mass is 32.2. The number of carbonyl (C=O) groups is 1. The number of nitrogens with two attached hydrogens (primary N) is 2. The number of hydrogen-bond acceptors (Lipinski definition) is 7. The van der Waals surface area contributed by atoms with Crippen molar-refractivity contribution in [2.75, 3.05) is 11.5 Å². The van der Waals surface area contributed by atoms with E-state index in [1.807, 2.05) is 24.3 Å². The van der Waals surface area contributed by atoms with Crippen molar-refractivity contribution in [2.24, 2.45) is 0 Å². The predicted molar refractivity (Wildman–Crippen MR) is 86.6 cm³/mol. The molecule has 0 radical (unpaired) electrons. The Bertz CT molecular complexity index is 826. The second-order valence-electron chi connectivity index (χ2n) is 4.71. The SMILES string of the molecule is CC(Sc1nc(N)nc(N)n1)C(=O)c1c[nH]c2ccccc12. The highest BCUT2D eigenvalue weighted by molar-refractivity contribution is 8.00. The highest BCUT2D eigenvalue weighted by Crippen LogP contribution is 2.26. The molecule has 8 heteroatoms. The van der Waals surface area contributed by atoms with Gasteiger partial charge in [-0.25, -0.2) is 0 Å². The van der Waals surface area contributed by atoms with Gasteiger partial charge in [0.2, 0.25) is 11.9 Å². The van der Waals surface area contributed by atoms with Crippen LogP contribution in [0, 0.1) is 0 Å². The molecule has 7 nitrogen and oxygen atoms in total. The molecule has 0 saturated carbocycles. The number of thioether (sulfide) groups is 1. The van der Waals surface area contributed by atoms with Gasteiger partial charge in [0.15, 0.2) is 10.9 Å². The summed E-state index contributed by atoms with van der Waals surface area (Å²) >= 11 is 1.20. The number of hydrogen-bond donors (Lipinski definition) is 3. The van der Waals surface area contributed by atoms with E-state index < -0.39 is 0 Å². The van der Waals surface area contributed by atoms with Gasteiger partial charge in [-0.1, -0.05) is 30.0 Å². The predicted octanol–water partition coefficient (Wildman–Crippen LogP) is 1.88. The number of aromatic nitrogens is 4. The molecule has 3 aromatic rings. The molecule has 0 aliphatic heterocycles. The zero-order chi connectivity index (χ0) is 15.7. The molecule has 3 rings (SSSR count). The van der Waals surface area contributed by atoms with Gasteiger partial charge in [0.1, 0.15) is 0 Å². The van der Waals surface area contributed by atoms with Crippen molar-refractivity contribution in [3.8, 4) is 0 Å². The van der Waals surface area contributed by atoms with Gasteiger partial charge >= 0.3 is 0 Å². The van der Waals surface area contributed by atoms with Crippen molar-refractivity contribution in [3.05, 3.63) is 36.0 Å². The van der Waals surface area contributed by atoms with E-state index in [9.17, 15) is 4.79 Å². The van der Waals surface area contributed by atoms with Crippen molar-refractivity contribution < 1.29 is 4.79 Å². The number of nitrogen functional groups attached to an aromatic ring is 2. The molecule has 0 saturated heterocycles. The maximum atomic E-state index is 12.6. The minimum atomic E-state index is -0.375. The molecule has 0 aliphatic rings. The number of Topliss-reactive ketones (excluding diaryl/α,β-unsaturated/α-hetero) is 1. The van der Waals surface area contributed by atoms with Gasteiger partial charge in [0.05, 0.1) is 5.25 Å². The van der Waals surface area contributed by atoms with Crippen LogP contribution in [-0.4, -0.2) is 31.0 Å². The van der Waals surface area contributed by atoms with Gasteiger partial charge in [-0.05, 0) is 13.0 Å². The monoisotopic (exact) mass is 314 g/mol. The third-order valence-electron chi connectivity index (χ3n) is 3.16. The topological polar surface area (TPSA) is 124 Å². The number of nitrogens with one attached hydrogen (secondary N) is 1. The van der Waals surface area contributed by atoms with E-state index in [1.165, 1.54) is 11.8 Å². The molecule has 2 heterocycles. The van der Waals surface area contributed by atoms with Crippen molar-refractivity contribution in [1.29, 1.82) is 0 Å². The Morgan fingerprint density at radius 1 is 1.18 bits per heavy atom. The van der Waals surface area contributed by atoms with Crippen molar-refractivity contribution in [3.63, 3.8) is 0 Å². The maximum absolute atomic E-state index is 12.6. The minimum Gasteiger partial charge on any atom is -0.368 e.